The van der Waals surface area contributed by atoms with Crippen LogP contribution in [-0.2, 0) is 0 Å². The van der Waals surface area contributed by atoms with Gasteiger partial charge in [-0.2, -0.15) is 0 Å². The Bertz CT molecular complexity index is 272. The normalized spacial score (nSPS) is 32.2. The molecule has 0 radical (unpaired) electrons. The van der Waals surface area contributed by atoms with E-state index in [0.717, 1.165) is 24.4 Å². The van der Waals surface area contributed by atoms with Crippen LogP contribution in [0.5, 0.6) is 0 Å². The first-order valence-corrected chi connectivity index (χ1v) is 8.49. The van der Waals surface area contributed by atoms with E-state index in [9.17, 15) is 0 Å². The highest BCUT2D eigenvalue weighted by Crippen LogP contribution is 2.41. The van der Waals surface area contributed by atoms with Crippen LogP contribution in [0.25, 0.3) is 0 Å². The lowest BCUT2D eigenvalue weighted by Crippen LogP contribution is -2.46. The van der Waals surface area contributed by atoms with Gasteiger partial charge in [-0.25, -0.2) is 0 Å². The zero-order valence-electron chi connectivity index (χ0n) is 13.3. The quantitative estimate of drug-likeness (QED) is 0.762. The maximum absolute atomic E-state index is 6.20. The van der Waals surface area contributed by atoms with E-state index >= 15 is 0 Å². The topological polar surface area (TPSA) is 29.3 Å². The molecule has 2 aliphatic carbocycles. The first kappa shape index (κ1) is 15.3. The lowest BCUT2D eigenvalue weighted by Gasteiger charge is -2.43. The van der Waals surface area contributed by atoms with Crippen LogP contribution >= 0.6 is 0 Å². The highest BCUT2D eigenvalue weighted by molar-refractivity contribution is 4.93. The molecular weight excluding hydrogens is 232 g/mol. The van der Waals surface area contributed by atoms with Crippen LogP contribution in [0.1, 0.15) is 65.7 Å². The van der Waals surface area contributed by atoms with Crippen molar-refractivity contribution in [3.63, 3.8) is 0 Å². The van der Waals surface area contributed by atoms with Gasteiger partial charge in [-0.15, -0.1) is 0 Å². The Balaban J connectivity index is 1.93. The fourth-order valence-corrected chi connectivity index (χ4v) is 3.85. The Morgan fingerprint density at radius 2 is 2.00 bits per heavy atom. The van der Waals surface area contributed by atoms with Crippen molar-refractivity contribution >= 4 is 0 Å². The highest BCUT2D eigenvalue weighted by Gasteiger charge is 2.39. The van der Waals surface area contributed by atoms with E-state index in [1.54, 1.807) is 0 Å². The standard InChI is InChI=1S/C17H34N2/c1-14(2)8-10-19(16-6-7-16)13-17(12-18)9-4-5-15(3)11-17/h14-16H,4-13,18H2,1-3H3. The second-order valence-electron chi connectivity index (χ2n) is 7.79. The van der Waals surface area contributed by atoms with Crippen molar-refractivity contribution in [2.24, 2.45) is 23.0 Å². The summed E-state index contributed by atoms with van der Waals surface area (Å²) in [6.45, 7) is 10.5. The summed E-state index contributed by atoms with van der Waals surface area (Å²) in [6.07, 6.45) is 9.71. The third-order valence-corrected chi connectivity index (χ3v) is 5.21. The Labute approximate surface area is 120 Å². The number of rotatable bonds is 7. The third-order valence-electron chi connectivity index (χ3n) is 5.21. The van der Waals surface area contributed by atoms with Gasteiger partial charge in [0, 0.05) is 12.6 Å². The van der Waals surface area contributed by atoms with Crippen LogP contribution in [0.15, 0.2) is 0 Å². The van der Waals surface area contributed by atoms with Crippen molar-refractivity contribution in [3.05, 3.63) is 0 Å². The smallest absolute Gasteiger partial charge is 0.00966 e. The summed E-state index contributed by atoms with van der Waals surface area (Å²) in [5.74, 6) is 1.70. The molecule has 2 heteroatoms. The summed E-state index contributed by atoms with van der Waals surface area (Å²) >= 11 is 0. The van der Waals surface area contributed by atoms with Crippen LogP contribution in [0.4, 0.5) is 0 Å². The third kappa shape index (κ3) is 4.46. The number of hydrogen-bond donors (Lipinski definition) is 1. The average Bonchev–Trinajstić information content (AvgIpc) is 3.18. The van der Waals surface area contributed by atoms with E-state index in [-0.39, 0.29) is 0 Å². The maximum atomic E-state index is 6.20. The van der Waals surface area contributed by atoms with E-state index in [0.29, 0.717) is 5.41 Å². The van der Waals surface area contributed by atoms with Crippen molar-refractivity contribution in [1.82, 2.24) is 4.90 Å². The molecule has 2 nitrogen and oxygen atoms in total. The molecule has 2 aliphatic rings. The van der Waals surface area contributed by atoms with E-state index in [2.05, 4.69) is 25.7 Å². The zero-order valence-corrected chi connectivity index (χ0v) is 13.3. The van der Waals surface area contributed by atoms with Gasteiger partial charge in [-0.1, -0.05) is 33.6 Å². The SMILES string of the molecule is CC(C)CCN(CC1(CN)CCCC(C)C1)C1CC1. The monoisotopic (exact) mass is 266 g/mol. The lowest BCUT2D eigenvalue weighted by atomic mass is 9.69. The van der Waals surface area contributed by atoms with E-state index in [1.165, 1.54) is 58.0 Å². The van der Waals surface area contributed by atoms with Gasteiger partial charge < -0.3 is 5.73 Å². The Morgan fingerprint density at radius 1 is 1.26 bits per heavy atom. The van der Waals surface area contributed by atoms with E-state index < -0.39 is 0 Å². The van der Waals surface area contributed by atoms with Crippen molar-refractivity contribution in [1.29, 1.82) is 0 Å². The lowest BCUT2D eigenvalue weighted by molar-refractivity contribution is 0.0813. The summed E-state index contributed by atoms with van der Waals surface area (Å²) in [4.78, 5) is 2.78. The molecule has 0 aliphatic heterocycles. The van der Waals surface area contributed by atoms with Gasteiger partial charge in [0.15, 0.2) is 0 Å². The molecule has 2 N–H and O–H groups in total. The summed E-state index contributed by atoms with van der Waals surface area (Å²) in [7, 11) is 0. The Morgan fingerprint density at radius 3 is 2.53 bits per heavy atom. The zero-order chi connectivity index (χ0) is 13.9. The molecule has 2 fully saturated rings. The molecule has 2 atom stereocenters. The molecular formula is C17H34N2. The number of nitrogens with zero attached hydrogens (tertiary/aromatic N) is 1. The minimum Gasteiger partial charge on any atom is -0.330 e. The second kappa shape index (κ2) is 6.58. The molecule has 0 aromatic rings. The molecule has 0 aromatic heterocycles. The fraction of sp³-hybridized carbons (Fsp3) is 1.00. The van der Waals surface area contributed by atoms with Gasteiger partial charge in [0.2, 0.25) is 0 Å². The minimum absolute atomic E-state index is 0.428. The van der Waals surface area contributed by atoms with Crippen molar-refractivity contribution in [3.8, 4) is 0 Å². The molecule has 19 heavy (non-hydrogen) atoms. The molecule has 112 valence electrons. The Kier molecular flexibility index (Phi) is 5.30. The molecule has 2 rings (SSSR count). The predicted octanol–water partition coefficient (Wildman–Crippen LogP) is 3.65. The first-order valence-electron chi connectivity index (χ1n) is 8.49. The maximum Gasteiger partial charge on any atom is 0.00966 e. The van der Waals surface area contributed by atoms with Crippen molar-refractivity contribution < 1.29 is 0 Å². The predicted molar refractivity (Wildman–Crippen MR) is 83.2 cm³/mol. The van der Waals surface area contributed by atoms with Gasteiger partial charge in [0.1, 0.15) is 0 Å². The molecule has 0 spiro atoms. The summed E-state index contributed by atoms with van der Waals surface area (Å²) < 4.78 is 0. The van der Waals surface area contributed by atoms with Crippen LogP contribution in [0.2, 0.25) is 0 Å². The van der Waals surface area contributed by atoms with Crippen LogP contribution in [0, 0.1) is 17.3 Å². The van der Waals surface area contributed by atoms with Crippen LogP contribution in [0.3, 0.4) is 0 Å². The summed E-state index contributed by atoms with van der Waals surface area (Å²) in [5, 5.41) is 0. The Hall–Kier alpha value is -0.0800. The fourth-order valence-electron chi connectivity index (χ4n) is 3.85. The number of hydrogen-bond acceptors (Lipinski definition) is 2. The van der Waals surface area contributed by atoms with Crippen LogP contribution < -0.4 is 5.73 Å². The number of nitrogens with two attached hydrogens (primary N) is 1. The molecule has 0 saturated heterocycles. The minimum atomic E-state index is 0.428. The average molecular weight is 266 g/mol. The van der Waals surface area contributed by atoms with Gasteiger partial charge in [-0.3, -0.25) is 4.90 Å². The largest absolute Gasteiger partial charge is 0.330 e. The molecule has 0 aromatic carbocycles. The molecule has 0 heterocycles. The van der Waals surface area contributed by atoms with Crippen LogP contribution in [-0.4, -0.2) is 30.6 Å². The first-order chi connectivity index (χ1) is 9.04. The summed E-state index contributed by atoms with van der Waals surface area (Å²) in [6, 6.07) is 0.888. The molecule has 2 unspecified atom stereocenters. The van der Waals surface area contributed by atoms with Gasteiger partial charge in [-0.05, 0) is 62.4 Å². The van der Waals surface area contributed by atoms with Gasteiger partial charge in [0.05, 0.1) is 0 Å². The molecule has 0 bridgehead atoms. The van der Waals surface area contributed by atoms with Gasteiger partial charge in [0.25, 0.3) is 0 Å². The van der Waals surface area contributed by atoms with E-state index in [4.69, 9.17) is 5.73 Å². The van der Waals surface area contributed by atoms with Gasteiger partial charge >= 0.3 is 0 Å². The molecule has 2 saturated carbocycles. The molecule has 0 amide bonds. The highest BCUT2D eigenvalue weighted by atomic mass is 15.2. The van der Waals surface area contributed by atoms with Crippen molar-refractivity contribution in [2.45, 2.75) is 71.8 Å². The van der Waals surface area contributed by atoms with Crippen molar-refractivity contribution in [2.75, 3.05) is 19.6 Å². The summed E-state index contributed by atoms with van der Waals surface area (Å²) in [5.41, 5.74) is 6.63. The van der Waals surface area contributed by atoms with E-state index in [1.807, 2.05) is 0 Å². The second-order valence-corrected chi connectivity index (χ2v) is 7.79.